The van der Waals surface area contributed by atoms with Crippen LogP contribution in [0.4, 0.5) is 5.69 Å². The fraction of sp³-hybridized carbons (Fsp3) is 0.538. The third kappa shape index (κ3) is 3.44. The Morgan fingerprint density at radius 1 is 1.25 bits per heavy atom. The average Bonchev–Trinajstić information content (AvgIpc) is 2.37. The lowest BCUT2D eigenvalue weighted by molar-refractivity contribution is 0.388. The Kier molecular flexibility index (Phi) is 4.59. The molecule has 5 nitrogen and oxygen atoms in total. The number of hydrogen-bond donors (Lipinski definition) is 1. The predicted octanol–water partition coefficient (Wildman–Crippen LogP) is 1.44. The van der Waals surface area contributed by atoms with Crippen LogP contribution in [0.25, 0.3) is 0 Å². The Bertz CT molecular complexity index is 581. The molecule has 112 valence electrons. The van der Waals surface area contributed by atoms with E-state index < -0.39 is 10.0 Å². The summed E-state index contributed by atoms with van der Waals surface area (Å²) < 4.78 is 24.5. The molecule has 7 heteroatoms. The lowest BCUT2D eigenvalue weighted by Gasteiger charge is -2.35. The van der Waals surface area contributed by atoms with Gasteiger partial charge in [0, 0.05) is 32.2 Å². The van der Waals surface area contributed by atoms with Gasteiger partial charge in [0.15, 0.2) is 0 Å². The maximum Gasteiger partial charge on any atom is 0.211 e. The summed E-state index contributed by atoms with van der Waals surface area (Å²) in [5.74, 6) is 0. The largest absolute Gasteiger partial charge is 0.368 e. The lowest BCUT2D eigenvalue weighted by Crippen LogP contribution is -2.48. The van der Waals surface area contributed by atoms with E-state index in [0.717, 1.165) is 11.3 Å². The lowest BCUT2D eigenvalue weighted by atomic mass is 10.1. The summed E-state index contributed by atoms with van der Waals surface area (Å²) in [6.45, 7) is 4.18. The summed E-state index contributed by atoms with van der Waals surface area (Å²) in [5, 5.41) is 0.660. The van der Waals surface area contributed by atoms with Crippen molar-refractivity contribution >= 4 is 27.3 Å². The average molecular weight is 318 g/mol. The third-order valence-electron chi connectivity index (χ3n) is 3.55. The van der Waals surface area contributed by atoms with Gasteiger partial charge in [0.05, 0.1) is 17.0 Å². The third-order valence-corrected chi connectivity index (χ3v) is 5.15. The molecular weight excluding hydrogens is 298 g/mol. The van der Waals surface area contributed by atoms with Crippen LogP contribution >= 0.6 is 11.6 Å². The molecule has 1 aromatic carbocycles. The summed E-state index contributed by atoms with van der Waals surface area (Å²) in [4.78, 5) is 2.11. The van der Waals surface area contributed by atoms with Gasteiger partial charge >= 0.3 is 0 Å². The zero-order valence-corrected chi connectivity index (χ0v) is 13.3. The SMILES string of the molecule is CC(N)c1ccc(N2CCN(S(C)(=O)=O)CC2)c(Cl)c1. The summed E-state index contributed by atoms with van der Waals surface area (Å²) in [7, 11) is -3.10. The van der Waals surface area contributed by atoms with Crippen LogP contribution in [0.15, 0.2) is 18.2 Å². The standard InChI is InChI=1S/C13H20ClN3O2S/c1-10(15)11-3-4-13(12(14)9-11)16-5-7-17(8-6-16)20(2,18)19/h3-4,9-10H,5-8,15H2,1-2H3. The Morgan fingerprint density at radius 2 is 1.85 bits per heavy atom. The first-order valence-electron chi connectivity index (χ1n) is 6.54. The molecule has 1 aliphatic rings. The summed E-state index contributed by atoms with van der Waals surface area (Å²) >= 11 is 6.30. The van der Waals surface area contributed by atoms with Crippen LogP contribution in [0, 0.1) is 0 Å². The second kappa shape index (κ2) is 5.89. The minimum Gasteiger partial charge on any atom is -0.368 e. The maximum absolute atomic E-state index is 11.5. The van der Waals surface area contributed by atoms with Crippen molar-refractivity contribution in [2.24, 2.45) is 5.73 Å². The van der Waals surface area contributed by atoms with E-state index >= 15 is 0 Å². The van der Waals surface area contributed by atoms with Gasteiger partial charge in [-0.05, 0) is 24.6 Å². The molecule has 20 heavy (non-hydrogen) atoms. The molecule has 0 bridgehead atoms. The minimum atomic E-state index is -3.10. The number of nitrogens with zero attached hydrogens (tertiary/aromatic N) is 2. The number of anilines is 1. The number of rotatable bonds is 3. The highest BCUT2D eigenvalue weighted by Gasteiger charge is 2.24. The topological polar surface area (TPSA) is 66.6 Å². The second-order valence-corrected chi connectivity index (χ2v) is 7.54. The van der Waals surface area contributed by atoms with Gasteiger partial charge in [-0.1, -0.05) is 17.7 Å². The van der Waals surface area contributed by atoms with Crippen molar-refractivity contribution in [1.82, 2.24) is 4.31 Å². The molecule has 0 radical (unpaired) electrons. The zero-order valence-electron chi connectivity index (χ0n) is 11.7. The van der Waals surface area contributed by atoms with Crippen molar-refractivity contribution in [2.45, 2.75) is 13.0 Å². The number of benzene rings is 1. The molecule has 1 heterocycles. The predicted molar refractivity (Wildman–Crippen MR) is 82.7 cm³/mol. The summed E-state index contributed by atoms with van der Waals surface area (Å²) in [5.41, 5.74) is 7.76. The van der Waals surface area contributed by atoms with E-state index in [1.54, 1.807) is 0 Å². The fourth-order valence-electron chi connectivity index (χ4n) is 2.32. The van der Waals surface area contributed by atoms with Gasteiger partial charge in [0.25, 0.3) is 0 Å². The van der Waals surface area contributed by atoms with Crippen LogP contribution in [-0.4, -0.2) is 45.2 Å². The minimum absolute atomic E-state index is 0.0522. The first-order chi connectivity index (χ1) is 9.29. The highest BCUT2D eigenvalue weighted by atomic mass is 35.5. The van der Waals surface area contributed by atoms with E-state index in [1.807, 2.05) is 25.1 Å². The van der Waals surface area contributed by atoms with Crippen LogP contribution in [0.3, 0.4) is 0 Å². The van der Waals surface area contributed by atoms with Crippen LogP contribution in [0.2, 0.25) is 5.02 Å². The molecule has 2 N–H and O–H groups in total. The van der Waals surface area contributed by atoms with E-state index in [1.165, 1.54) is 10.6 Å². The normalized spacial score (nSPS) is 19.1. The highest BCUT2D eigenvalue weighted by Crippen LogP contribution is 2.29. The number of nitrogens with two attached hydrogens (primary N) is 1. The molecule has 1 aromatic rings. The van der Waals surface area contributed by atoms with E-state index in [9.17, 15) is 8.42 Å². The molecule has 1 aliphatic heterocycles. The number of hydrogen-bond acceptors (Lipinski definition) is 4. The van der Waals surface area contributed by atoms with Crippen molar-refractivity contribution in [3.05, 3.63) is 28.8 Å². The zero-order chi connectivity index (χ0) is 14.9. The smallest absolute Gasteiger partial charge is 0.211 e. The molecule has 0 aliphatic carbocycles. The van der Waals surface area contributed by atoms with E-state index in [-0.39, 0.29) is 6.04 Å². The van der Waals surface area contributed by atoms with E-state index in [0.29, 0.717) is 31.2 Å². The van der Waals surface area contributed by atoms with Gasteiger partial charge in [-0.15, -0.1) is 0 Å². The highest BCUT2D eigenvalue weighted by molar-refractivity contribution is 7.88. The second-order valence-electron chi connectivity index (χ2n) is 5.15. The maximum atomic E-state index is 11.5. The van der Waals surface area contributed by atoms with Crippen LogP contribution in [0.5, 0.6) is 0 Å². The fourth-order valence-corrected chi connectivity index (χ4v) is 3.46. The molecular formula is C13H20ClN3O2S. The molecule has 0 spiro atoms. The van der Waals surface area contributed by atoms with Gasteiger partial charge in [-0.25, -0.2) is 8.42 Å². The Hall–Kier alpha value is -0.820. The molecule has 1 fully saturated rings. The van der Waals surface area contributed by atoms with Gasteiger partial charge < -0.3 is 10.6 Å². The van der Waals surface area contributed by atoms with Gasteiger partial charge in [0.2, 0.25) is 10.0 Å². The van der Waals surface area contributed by atoms with Crippen molar-refractivity contribution in [1.29, 1.82) is 0 Å². The molecule has 0 saturated carbocycles. The van der Waals surface area contributed by atoms with Crippen molar-refractivity contribution < 1.29 is 8.42 Å². The summed E-state index contributed by atoms with van der Waals surface area (Å²) in [6.07, 6.45) is 1.24. The monoisotopic (exact) mass is 317 g/mol. The van der Waals surface area contributed by atoms with Crippen LogP contribution in [-0.2, 0) is 10.0 Å². The van der Waals surface area contributed by atoms with Gasteiger partial charge in [-0.3, -0.25) is 0 Å². The number of piperazine rings is 1. The van der Waals surface area contributed by atoms with Crippen molar-refractivity contribution in [2.75, 3.05) is 37.3 Å². The van der Waals surface area contributed by atoms with E-state index in [2.05, 4.69) is 4.90 Å². The van der Waals surface area contributed by atoms with Gasteiger partial charge in [-0.2, -0.15) is 4.31 Å². The molecule has 1 saturated heterocycles. The molecule has 0 amide bonds. The Labute approximate surface area is 125 Å². The van der Waals surface area contributed by atoms with Crippen LogP contribution < -0.4 is 10.6 Å². The molecule has 2 rings (SSSR count). The van der Waals surface area contributed by atoms with Crippen molar-refractivity contribution in [3.8, 4) is 0 Å². The summed E-state index contributed by atoms with van der Waals surface area (Å²) in [6, 6.07) is 5.75. The number of halogens is 1. The quantitative estimate of drug-likeness (QED) is 0.916. The molecule has 0 aromatic heterocycles. The van der Waals surface area contributed by atoms with E-state index in [4.69, 9.17) is 17.3 Å². The first kappa shape index (κ1) is 15.6. The van der Waals surface area contributed by atoms with Crippen LogP contribution in [0.1, 0.15) is 18.5 Å². The first-order valence-corrected chi connectivity index (χ1v) is 8.77. The van der Waals surface area contributed by atoms with Gasteiger partial charge in [0.1, 0.15) is 0 Å². The molecule has 1 unspecified atom stereocenters. The Balaban J connectivity index is 2.11. The Morgan fingerprint density at radius 3 is 2.30 bits per heavy atom. The molecule has 1 atom stereocenters. The van der Waals surface area contributed by atoms with Crippen molar-refractivity contribution in [3.63, 3.8) is 0 Å². The number of sulfonamides is 1.